The lowest BCUT2D eigenvalue weighted by molar-refractivity contribution is 0.0706. The molecule has 0 unspecified atom stereocenters. The normalized spacial score (nSPS) is 10.6. The summed E-state index contributed by atoms with van der Waals surface area (Å²) >= 11 is 0. The Morgan fingerprint density at radius 3 is 2.24 bits per heavy atom. The van der Waals surface area contributed by atoms with Crippen molar-refractivity contribution in [3.63, 3.8) is 0 Å². The van der Waals surface area contributed by atoms with E-state index in [-0.39, 0.29) is 5.78 Å². The van der Waals surface area contributed by atoms with Crippen LogP contribution in [0.4, 0.5) is 0 Å². The first-order chi connectivity index (χ1) is 16.1. The number of carbonyl (C=O) groups excluding carboxylic acids is 2. The summed E-state index contributed by atoms with van der Waals surface area (Å²) in [4.78, 5) is 28.1. The van der Waals surface area contributed by atoms with Crippen molar-refractivity contribution in [2.45, 2.75) is 12.8 Å². The van der Waals surface area contributed by atoms with Crippen LogP contribution in [0.25, 0.3) is 22.4 Å². The van der Waals surface area contributed by atoms with Crippen LogP contribution in [0, 0.1) is 0 Å². The number of H-pyrrole nitrogens is 1. The lowest BCUT2D eigenvalue weighted by Crippen LogP contribution is -2.18. The molecule has 0 saturated heterocycles. The number of hydroxylamine groups is 1. The maximum atomic E-state index is 13.2. The Hall–Kier alpha value is -4.16. The Balaban J connectivity index is 1.60. The zero-order valence-corrected chi connectivity index (χ0v) is 18.2. The van der Waals surface area contributed by atoms with Crippen molar-refractivity contribution in [1.29, 1.82) is 0 Å². The molecule has 166 valence electrons. The van der Waals surface area contributed by atoms with E-state index < -0.39 is 5.91 Å². The number of carbonyl (C=O) groups is 2. The average Bonchev–Trinajstić information content (AvgIpc) is 3.33. The Morgan fingerprint density at radius 2 is 1.61 bits per heavy atom. The van der Waals surface area contributed by atoms with Gasteiger partial charge in [0.15, 0.2) is 5.78 Å². The Morgan fingerprint density at radius 1 is 0.909 bits per heavy atom. The fourth-order valence-electron chi connectivity index (χ4n) is 3.72. The van der Waals surface area contributed by atoms with Gasteiger partial charge >= 0.3 is 0 Å². The van der Waals surface area contributed by atoms with Crippen LogP contribution in [0.1, 0.15) is 32.8 Å². The highest BCUT2D eigenvalue weighted by Gasteiger charge is 2.18. The molecule has 6 heteroatoms. The third kappa shape index (κ3) is 5.02. The molecule has 1 amide bonds. The quantitative estimate of drug-likeness (QED) is 0.197. The molecular formula is C27H24N2O4. The largest absolute Gasteiger partial charge is 0.497 e. The number of benzene rings is 3. The summed E-state index contributed by atoms with van der Waals surface area (Å²) in [5, 5.41) is 8.74. The number of aryl methyl sites for hydroxylation is 1. The molecule has 1 aromatic heterocycles. The molecule has 0 aliphatic heterocycles. The summed E-state index contributed by atoms with van der Waals surface area (Å²) in [6.07, 6.45) is 0.838. The molecule has 0 radical (unpaired) electrons. The fourth-order valence-corrected chi connectivity index (χ4v) is 3.72. The molecule has 0 aliphatic carbocycles. The van der Waals surface area contributed by atoms with Crippen LogP contribution in [0.2, 0.25) is 0 Å². The van der Waals surface area contributed by atoms with Crippen LogP contribution in [-0.2, 0) is 6.42 Å². The minimum absolute atomic E-state index is 0.000164. The second kappa shape index (κ2) is 9.97. The van der Waals surface area contributed by atoms with Crippen molar-refractivity contribution in [2.24, 2.45) is 0 Å². The van der Waals surface area contributed by atoms with Gasteiger partial charge in [0.05, 0.1) is 12.8 Å². The number of Topliss-reactive ketones (excluding diaryl/α,β-unsaturated/α-hetero) is 1. The third-order valence-electron chi connectivity index (χ3n) is 5.54. The van der Waals surface area contributed by atoms with Crippen LogP contribution >= 0.6 is 0 Å². The standard InChI is InChI=1S/C27H24N2O4/c1-33-22-14-12-19(13-15-22)23-17-24(20-5-3-2-4-6-20)28-26(23)25(30)16-9-18-7-10-21(11-8-18)27(31)29-32/h2-8,10-15,17,28,32H,9,16H2,1H3,(H,29,31). The van der Waals surface area contributed by atoms with Gasteiger partial charge in [-0.3, -0.25) is 14.8 Å². The van der Waals surface area contributed by atoms with E-state index in [1.165, 1.54) is 0 Å². The second-order valence-corrected chi connectivity index (χ2v) is 7.63. The molecule has 3 N–H and O–H groups in total. The minimum atomic E-state index is -0.568. The average molecular weight is 440 g/mol. The summed E-state index contributed by atoms with van der Waals surface area (Å²) in [6, 6.07) is 26.3. The van der Waals surface area contributed by atoms with Crippen molar-refractivity contribution < 1.29 is 19.5 Å². The molecule has 0 saturated carbocycles. The highest BCUT2D eigenvalue weighted by atomic mass is 16.5. The summed E-state index contributed by atoms with van der Waals surface area (Å²) in [5.74, 6) is 0.186. The molecule has 4 aromatic rings. The van der Waals surface area contributed by atoms with Gasteiger partial charge < -0.3 is 9.72 Å². The van der Waals surface area contributed by atoms with E-state index in [4.69, 9.17) is 9.94 Å². The van der Waals surface area contributed by atoms with E-state index in [0.717, 1.165) is 33.7 Å². The highest BCUT2D eigenvalue weighted by Crippen LogP contribution is 2.32. The monoisotopic (exact) mass is 440 g/mol. The predicted molar refractivity (Wildman–Crippen MR) is 127 cm³/mol. The van der Waals surface area contributed by atoms with Crippen LogP contribution in [0.3, 0.4) is 0 Å². The number of hydrogen-bond donors (Lipinski definition) is 3. The van der Waals surface area contributed by atoms with Crippen molar-refractivity contribution >= 4 is 11.7 Å². The summed E-state index contributed by atoms with van der Waals surface area (Å²) in [7, 11) is 1.62. The molecule has 0 spiro atoms. The first-order valence-electron chi connectivity index (χ1n) is 10.6. The highest BCUT2D eigenvalue weighted by molar-refractivity contribution is 6.02. The molecule has 1 heterocycles. The van der Waals surface area contributed by atoms with E-state index >= 15 is 0 Å². The predicted octanol–water partition coefficient (Wildman–Crippen LogP) is 5.29. The number of aromatic nitrogens is 1. The van der Waals surface area contributed by atoms with E-state index in [1.54, 1.807) is 36.9 Å². The van der Waals surface area contributed by atoms with Gasteiger partial charge in [0.25, 0.3) is 5.91 Å². The Labute approximate surface area is 191 Å². The van der Waals surface area contributed by atoms with E-state index in [2.05, 4.69) is 4.98 Å². The molecule has 3 aromatic carbocycles. The summed E-state index contributed by atoms with van der Waals surface area (Å²) < 4.78 is 5.26. The van der Waals surface area contributed by atoms with Crippen LogP contribution in [-0.4, -0.2) is 29.0 Å². The van der Waals surface area contributed by atoms with Gasteiger partial charge in [-0.25, -0.2) is 5.48 Å². The zero-order chi connectivity index (χ0) is 23.2. The molecule has 0 bridgehead atoms. The Kier molecular flexibility index (Phi) is 6.66. The lowest BCUT2D eigenvalue weighted by atomic mass is 9.99. The van der Waals surface area contributed by atoms with Crippen LogP contribution in [0.15, 0.2) is 84.9 Å². The van der Waals surface area contributed by atoms with Gasteiger partial charge in [-0.15, -0.1) is 0 Å². The molecule has 4 rings (SSSR count). The van der Waals surface area contributed by atoms with Gasteiger partial charge in [0, 0.05) is 23.2 Å². The number of amides is 1. The zero-order valence-electron chi connectivity index (χ0n) is 18.2. The van der Waals surface area contributed by atoms with Crippen molar-refractivity contribution in [3.8, 4) is 28.1 Å². The van der Waals surface area contributed by atoms with Crippen molar-refractivity contribution in [3.05, 3.63) is 102 Å². The number of methoxy groups -OCH3 is 1. The van der Waals surface area contributed by atoms with Gasteiger partial charge in [0.2, 0.25) is 0 Å². The van der Waals surface area contributed by atoms with Gasteiger partial charge in [-0.1, -0.05) is 54.6 Å². The smallest absolute Gasteiger partial charge is 0.274 e. The number of ketones is 1. The summed E-state index contributed by atoms with van der Waals surface area (Å²) in [5.41, 5.74) is 7.11. The number of hydrogen-bond acceptors (Lipinski definition) is 4. The molecule has 6 nitrogen and oxygen atoms in total. The maximum Gasteiger partial charge on any atom is 0.274 e. The summed E-state index contributed by atoms with van der Waals surface area (Å²) in [6.45, 7) is 0. The Bertz CT molecular complexity index is 1240. The third-order valence-corrected chi connectivity index (χ3v) is 5.54. The number of aromatic amines is 1. The molecule has 33 heavy (non-hydrogen) atoms. The van der Waals surface area contributed by atoms with E-state index in [1.807, 2.05) is 60.7 Å². The van der Waals surface area contributed by atoms with E-state index in [0.29, 0.717) is 24.1 Å². The van der Waals surface area contributed by atoms with Crippen molar-refractivity contribution in [2.75, 3.05) is 7.11 Å². The molecule has 0 fully saturated rings. The molecule has 0 atom stereocenters. The number of rotatable bonds is 8. The van der Waals surface area contributed by atoms with Crippen LogP contribution < -0.4 is 10.2 Å². The lowest BCUT2D eigenvalue weighted by Gasteiger charge is -2.06. The molecular weight excluding hydrogens is 416 g/mol. The van der Waals surface area contributed by atoms with Gasteiger partial charge in [-0.2, -0.15) is 0 Å². The first-order valence-corrected chi connectivity index (χ1v) is 10.6. The first kappa shape index (κ1) is 22.0. The van der Waals surface area contributed by atoms with Gasteiger partial charge in [0.1, 0.15) is 5.75 Å². The van der Waals surface area contributed by atoms with E-state index in [9.17, 15) is 9.59 Å². The topological polar surface area (TPSA) is 91.4 Å². The molecule has 0 aliphatic rings. The van der Waals surface area contributed by atoms with Crippen molar-refractivity contribution in [1.82, 2.24) is 10.5 Å². The number of nitrogens with one attached hydrogen (secondary N) is 2. The maximum absolute atomic E-state index is 13.2. The fraction of sp³-hybridized carbons (Fsp3) is 0.111. The second-order valence-electron chi connectivity index (χ2n) is 7.63. The van der Waals surface area contributed by atoms with Crippen LogP contribution in [0.5, 0.6) is 5.75 Å². The SMILES string of the molecule is COc1ccc(-c2cc(-c3ccccc3)[nH]c2C(=O)CCc2ccc(C(=O)NO)cc2)cc1. The minimum Gasteiger partial charge on any atom is -0.497 e. The van der Waals surface area contributed by atoms with Gasteiger partial charge in [-0.05, 0) is 53.4 Å². The number of ether oxygens (including phenoxy) is 1.